The third-order valence-electron chi connectivity index (χ3n) is 12.5. The number of methoxy groups -OCH3 is 1. The first-order valence-electron chi connectivity index (χ1n) is 18.9. The van der Waals surface area contributed by atoms with Gasteiger partial charge in [-0.25, -0.2) is 9.78 Å². The Balaban J connectivity index is 1.07. The molecular formula is C41H55N5O4. The maximum Gasteiger partial charge on any atom is 0.409 e. The molecule has 5 fully saturated rings. The number of nitrogens with zero attached hydrogens (tertiary/aromatic N) is 5. The first-order chi connectivity index (χ1) is 24.0. The third kappa shape index (κ3) is 6.89. The van der Waals surface area contributed by atoms with Gasteiger partial charge in [-0.3, -0.25) is 14.4 Å². The van der Waals surface area contributed by atoms with Gasteiger partial charge in [0, 0.05) is 48.9 Å². The van der Waals surface area contributed by atoms with Gasteiger partial charge in [0.1, 0.15) is 18.2 Å². The first-order valence-corrected chi connectivity index (χ1v) is 18.9. The second-order valence-electron chi connectivity index (χ2n) is 16.8. The van der Waals surface area contributed by atoms with Crippen LogP contribution in [0.4, 0.5) is 10.6 Å². The van der Waals surface area contributed by atoms with Crippen LogP contribution >= 0.6 is 0 Å². The van der Waals surface area contributed by atoms with Crippen LogP contribution in [0.2, 0.25) is 0 Å². The van der Waals surface area contributed by atoms with Gasteiger partial charge in [0.25, 0.3) is 0 Å². The summed E-state index contributed by atoms with van der Waals surface area (Å²) in [5.74, 6) is 2.00. The van der Waals surface area contributed by atoms with Crippen LogP contribution in [0.1, 0.15) is 109 Å². The fraction of sp³-hybridized carbons (Fsp3) is 0.610. The summed E-state index contributed by atoms with van der Waals surface area (Å²) in [7, 11) is 1.74. The largest absolute Gasteiger partial charge is 0.496 e. The van der Waals surface area contributed by atoms with Crippen LogP contribution in [0.3, 0.4) is 0 Å². The standard InChI is InChI=1S/C41H55N5O4/c1-29-21-34(11-12-35(29)49-5)41-17-14-40(15-18-41,16-19-41)28-45(37(47)31-9-7-6-8-10-31)36-22-32(13-20-42-36)33-23-43-46(24-33)30(2)25-50-38(48)44-26-39(3,4)27-44/h11-13,20-24,30-31H,6-10,14-19,25-28H2,1-5H3. The quantitative estimate of drug-likeness (QED) is 0.213. The fourth-order valence-electron chi connectivity index (χ4n) is 9.27. The van der Waals surface area contributed by atoms with Crippen LogP contribution in [0.25, 0.3) is 11.1 Å². The van der Waals surface area contributed by atoms with E-state index in [2.05, 4.69) is 55.0 Å². The van der Waals surface area contributed by atoms with Crippen molar-refractivity contribution in [1.82, 2.24) is 19.7 Å². The number of rotatable bonds is 10. The van der Waals surface area contributed by atoms with Gasteiger partial charge in [0.15, 0.2) is 0 Å². The van der Waals surface area contributed by atoms with E-state index in [0.29, 0.717) is 0 Å². The van der Waals surface area contributed by atoms with E-state index < -0.39 is 0 Å². The van der Waals surface area contributed by atoms with E-state index in [1.807, 2.05) is 36.3 Å². The van der Waals surface area contributed by atoms with E-state index in [1.54, 1.807) is 12.0 Å². The topological polar surface area (TPSA) is 89.8 Å². The third-order valence-corrected chi connectivity index (χ3v) is 12.5. The summed E-state index contributed by atoms with van der Waals surface area (Å²) >= 11 is 0. The molecule has 50 heavy (non-hydrogen) atoms. The zero-order valence-corrected chi connectivity index (χ0v) is 30.7. The van der Waals surface area contributed by atoms with Gasteiger partial charge in [-0.1, -0.05) is 45.2 Å². The number of benzene rings is 1. The number of amides is 2. The highest BCUT2D eigenvalue weighted by atomic mass is 16.6. The number of pyridine rings is 1. The molecule has 3 aromatic rings. The molecule has 0 radical (unpaired) electrons. The Kier molecular flexibility index (Phi) is 9.46. The minimum atomic E-state index is -0.262. The van der Waals surface area contributed by atoms with Crippen molar-refractivity contribution in [1.29, 1.82) is 0 Å². The average Bonchev–Trinajstić information content (AvgIpc) is 3.63. The number of anilines is 1. The maximum absolute atomic E-state index is 14.4. The lowest BCUT2D eigenvalue weighted by atomic mass is 9.51. The summed E-state index contributed by atoms with van der Waals surface area (Å²) in [5.41, 5.74) is 5.07. The van der Waals surface area contributed by atoms with Gasteiger partial charge >= 0.3 is 6.09 Å². The van der Waals surface area contributed by atoms with Crippen molar-refractivity contribution in [3.8, 4) is 16.9 Å². The summed E-state index contributed by atoms with van der Waals surface area (Å²) in [6, 6.07) is 10.7. The molecule has 5 aliphatic rings. The molecule has 1 aromatic carbocycles. The van der Waals surface area contributed by atoms with Gasteiger partial charge in [0.2, 0.25) is 5.91 Å². The number of fused-ring (bicyclic) bond motifs is 3. The molecule has 4 aliphatic carbocycles. The minimum Gasteiger partial charge on any atom is -0.496 e. The summed E-state index contributed by atoms with van der Waals surface area (Å²) in [5, 5.41) is 4.63. The van der Waals surface area contributed by atoms with Gasteiger partial charge in [-0.2, -0.15) is 5.10 Å². The Morgan fingerprint density at radius 1 is 0.980 bits per heavy atom. The summed E-state index contributed by atoms with van der Waals surface area (Å²) < 4.78 is 13.0. The van der Waals surface area contributed by atoms with Crippen LogP contribution in [0.5, 0.6) is 5.75 Å². The molecule has 268 valence electrons. The predicted molar refractivity (Wildman–Crippen MR) is 195 cm³/mol. The Hall–Kier alpha value is -3.88. The van der Waals surface area contributed by atoms with Crippen molar-refractivity contribution in [2.24, 2.45) is 16.7 Å². The van der Waals surface area contributed by atoms with Crippen molar-refractivity contribution in [3.63, 3.8) is 0 Å². The highest BCUT2D eigenvalue weighted by Crippen LogP contribution is 2.58. The lowest BCUT2D eigenvalue weighted by molar-refractivity contribution is -0.124. The van der Waals surface area contributed by atoms with Gasteiger partial charge < -0.3 is 14.4 Å². The molecule has 8 rings (SSSR count). The number of hydrogen-bond acceptors (Lipinski definition) is 6. The second kappa shape index (κ2) is 13.7. The van der Waals surface area contributed by atoms with E-state index in [-0.39, 0.29) is 46.8 Å². The summed E-state index contributed by atoms with van der Waals surface area (Å²) in [6.07, 6.45) is 17.6. The molecule has 0 spiro atoms. The maximum atomic E-state index is 14.4. The Labute approximate surface area is 297 Å². The number of aryl methyl sites for hydroxylation is 1. The Morgan fingerprint density at radius 2 is 1.70 bits per heavy atom. The lowest BCUT2D eigenvalue weighted by Crippen LogP contribution is -2.55. The zero-order chi connectivity index (χ0) is 35.1. The van der Waals surface area contributed by atoms with E-state index in [9.17, 15) is 9.59 Å². The fourth-order valence-corrected chi connectivity index (χ4v) is 9.27. The predicted octanol–water partition coefficient (Wildman–Crippen LogP) is 8.51. The van der Waals surface area contributed by atoms with Crippen LogP contribution in [0.15, 0.2) is 48.9 Å². The van der Waals surface area contributed by atoms with Crippen LogP contribution in [-0.4, -0.2) is 65.0 Å². The molecule has 9 heteroatoms. The number of carbonyl (C=O) groups is 2. The highest BCUT2D eigenvalue weighted by Gasteiger charge is 2.51. The molecule has 0 N–H and O–H groups in total. The van der Waals surface area contributed by atoms with Crippen molar-refractivity contribution in [3.05, 3.63) is 60.0 Å². The van der Waals surface area contributed by atoms with Crippen molar-refractivity contribution < 1.29 is 19.1 Å². The Bertz CT molecular complexity index is 1680. The van der Waals surface area contributed by atoms with Crippen LogP contribution in [-0.2, 0) is 14.9 Å². The first kappa shape index (κ1) is 34.6. The summed E-state index contributed by atoms with van der Waals surface area (Å²) in [4.78, 5) is 35.6. The molecule has 4 saturated carbocycles. The van der Waals surface area contributed by atoms with E-state index >= 15 is 0 Å². The lowest BCUT2D eigenvalue weighted by Gasteiger charge is -2.55. The SMILES string of the molecule is COc1ccc(C23CCC(CN(C(=O)C4CCCCC4)c4cc(-c5cnn(C(C)COC(=O)N6CC(C)(C)C6)c5)ccn4)(CC2)CC3)cc1C. The molecule has 3 heterocycles. The van der Waals surface area contributed by atoms with Crippen molar-refractivity contribution >= 4 is 17.8 Å². The number of ether oxygens (including phenoxy) is 2. The monoisotopic (exact) mass is 681 g/mol. The molecule has 1 saturated heterocycles. The van der Waals surface area contributed by atoms with E-state index in [1.165, 1.54) is 17.5 Å². The van der Waals surface area contributed by atoms with E-state index in [4.69, 9.17) is 14.5 Å². The second-order valence-corrected chi connectivity index (χ2v) is 16.8. The minimum absolute atomic E-state index is 0.0628. The average molecular weight is 682 g/mol. The normalized spacial score (nSPS) is 25.1. The molecule has 2 aromatic heterocycles. The molecule has 2 amide bonds. The highest BCUT2D eigenvalue weighted by molar-refractivity contribution is 5.95. The van der Waals surface area contributed by atoms with Gasteiger partial charge in [-0.15, -0.1) is 0 Å². The number of hydrogen-bond donors (Lipinski definition) is 0. The van der Waals surface area contributed by atoms with Gasteiger partial charge in [0.05, 0.1) is 19.3 Å². The molecule has 1 atom stereocenters. The summed E-state index contributed by atoms with van der Waals surface area (Å²) in [6.45, 7) is 10.9. The van der Waals surface area contributed by atoms with Gasteiger partial charge in [-0.05, 0) is 111 Å². The van der Waals surface area contributed by atoms with Crippen molar-refractivity contribution in [2.75, 3.05) is 38.3 Å². The zero-order valence-electron chi connectivity index (χ0n) is 30.7. The molecule has 1 unspecified atom stereocenters. The molecule has 2 bridgehead atoms. The molecule has 1 aliphatic heterocycles. The van der Waals surface area contributed by atoms with Crippen LogP contribution < -0.4 is 9.64 Å². The van der Waals surface area contributed by atoms with Crippen molar-refractivity contribution in [2.45, 2.75) is 110 Å². The van der Waals surface area contributed by atoms with E-state index in [0.717, 1.165) is 107 Å². The number of carbonyl (C=O) groups excluding carboxylic acids is 2. The molecule has 9 nitrogen and oxygen atoms in total. The Morgan fingerprint density at radius 3 is 2.36 bits per heavy atom. The van der Waals surface area contributed by atoms with Crippen LogP contribution in [0, 0.1) is 23.7 Å². The number of aromatic nitrogens is 3. The molecular weight excluding hydrogens is 626 g/mol. The smallest absolute Gasteiger partial charge is 0.409 e. The number of likely N-dealkylation sites (tertiary alicyclic amines) is 1.